The zero-order chi connectivity index (χ0) is 13.2. The largest absolute Gasteiger partial charge is 0.396 e. The van der Waals surface area contributed by atoms with Crippen LogP contribution in [0.4, 0.5) is 0 Å². The highest BCUT2D eigenvalue weighted by molar-refractivity contribution is 7.91. The van der Waals surface area contributed by atoms with Crippen molar-refractivity contribution in [3.05, 3.63) is 10.7 Å². The summed E-state index contributed by atoms with van der Waals surface area (Å²) < 4.78 is 27.2. The first kappa shape index (κ1) is 14.2. The Labute approximate surface area is 115 Å². The molecular weight excluding hydrogens is 296 g/mol. The number of hydrogen-bond donors (Lipinski definition) is 2. The molecule has 1 saturated carbocycles. The summed E-state index contributed by atoms with van der Waals surface area (Å²) in [5.41, 5.74) is 0. The molecule has 102 valence electrons. The number of aromatic nitrogens is 1. The molecule has 2 atom stereocenters. The third-order valence-electron chi connectivity index (χ3n) is 3.17. The van der Waals surface area contributed by atoms with Gasteiger partial charge < -0.3 is 5.11 Å². The molecule has 1 aromatic heterocycles. The van der Waals surface area contributed by atoms with E-state index in [1.807, 2.05) is 0 Å². The Balaban J connectivity index is 2.12. The van der Waals surface area contributed by atoms with E-state index < -0.39 is 10.0 Å². The Bertz CT molecular complexity index is 503. The molecule has 0 aliphatic heterocycles. The molecule has 0 saturated heterocycles. The fourth-order valence-electron chi connectivity index (χ4n) is 2.20. The summed E-state index contributed by atoms with van der Waals surface area (Å²) in [6.45, 7) is 0.0105. The van der Waals surface area contributed by atoms with Crippen LogP contribution in [0.25, 0.3) is 0 Å². The van der Waals surface area contributed by atoms with Gasteiger partial charge in [0.05, 0.1) is 6.20 Å². The Morgan fingerprint density at radius 3 is 2.83 bits per heavy atom. The Hall–Kier alpha value is -0.210. The van der Waals surface area contributed by atoms with Gasteiger partial charge in [0.2, 0.25) is 0 Å². The number of thiazole rings is 1. The molecule has 0 amide bonds. The number of hydrogen-bond acceptors (Lipinski definition) is 5. The third kappa shape index (κ3) is 3.21. The first-order valence-corrected chi connectivity index (χ1v) is 8.45. The number of sulfonamides is 1. The molecule has 0 aromatic carbocycles. The van der Waals surface area contributed by atoms with Gasteiger partial charge in [0.1, 0.15) is 0 Å². The summed E-state index contributed by atoms with van der Waals surface area (Å²) >= 11 is 6.57. The van der Waals surface area contributed by atoms with Gasteiger partial charge >= 0.3 is 0 Å². The Morgan fingerprint density at radius 1 is 1.50 bits per heavy atom. The topological polar surface area (TPSA) is 79.3 Å². The maximum absolute atomic E-state index is 12.1. The van der Waals surface area contributed by atoms with Crippen LogP contribution in [0.2, 0.25) is 4.47 Å². The molecule has 1 aliphatic rings. The molecule has 2 N–H and O–H groups in total. The molecule has 1 heterocycles. The lowest BCUT2D eigenvalue weighted by molar-refractivity contribution is 0.164. The van der Waals surface area contributed by atoms with Crippen LogP contribution in [0.3, 0.4) is 0 Å². The maximum atomic E-state index is 12.1. The highest BCUT2D eigenvalue weighted by Crippen LogP contribution is 2.27. The van der Waals surface area contributed by atoms with Crippen molar-refractivity contribution in [3.63, 3.8) is 0 Å². The summed E-state index contributed by atoms with van der Waals surface area (Å²) in [6, 6.07) is -0.199. The standard InChI is InChI=1S/C10H15ClN2O3S2/c11-10-12-5-9(17-10)18(15,16)13-8-4-2-1-3-7(8)6-14/h5,7-8,13-14H,1-4,6H2. The zero-order valence-corrected chi connectivity index (χ0v) is 12.1. The van der Waals surface area contributed by atoms with Gasteiger partial charge in [-0.2, -0.15) is 0 Å². The number of aliphatic hydroxyl groups excluding tert-OH is 1. The molecule has 0 bridgehead atoms. The average molecular weight is 311 g/mol. The van der Waals surface area contributed by atoms with Gasteiger partial charge in [-0.05, 0) is 18.8 Å². The number of nitrogens with zero attached hydrogens (tertiary/aromatic N) is 1. The summed E-state index contributed by atoms with van der Waals surface area (Å²) in [5.74, 6) is -0.00285. The van der Waals surface area contributed by atoms with Gasteiger partial charge in [-0.1, -0.05) is 35.8 Å². The summed E-state index contributed by atoms with van der Waals surface area (Å²) in [5, 5.41) is 9.27. The van der Waals surface area contributed by atoms with Crippen molar-refractivity contribution in [2.45, 2.75) is 35.9 Å². The van der Waals surface area contributed by atoms with Gasteiger partial charge in [0.15, 0.2) is 8.68 Å². The van der Waals surface area contributed by atoms with Crippen LogP contribution in [0.1, 0.15) is 25.7 Å². The molecule has 18 heavy (non-hydrogen) atoms. The molecule has 1 aliphatic carbocycles. The number of rotatable bonds is 4. The molecule has 5 nitrogen and oxygen atoms in total. The highest BCUT2D eigenvalue weighted by Gasteiger charge is 2.29. The average Bonchev–Trinajstić information content (AvgIpc) is 2.77. The van der Waals surface area contributed by atoms with Crippen LogP contribution < -0.4 is 4.72 Å². The number of nitrogens with one attached hydrogen (secondary N) is 1. The first-order valence-electron chi connectivity index (χ1n) is 5.77. The lowest BCUT2D eigenvalue weighted by Gasteiger charge is -2.30. The van der Waals surface area contributed by atoms with Gasteiger partial charge in [-0.3, -0.25) is 0 Å². The summed E-state index contributed by atoms with van der Waals surface area (Å²) in [6.07, 6.45) is 4.89. The quantitative estimate of drug-likeness (QED) is 0.886. The fourth-order valence-corrected chi connectivity index (χ4v) is 4.85. The first-order chi connectivity index (χ1) is 8.53. The highest BCUT2D eigenvalue weighted by atomic mass is 35.5. The maximum Gasteiger partial charge on any atom is 0.251 e. The Morgan fingerprint density at radius 2 is 2.22 bits per heavy atom. The van der Waals surface area contributed by atoms with Crippen molar-refractivity contribution in [1.82, 2.24) is 9.71 Å². The molecule has 8 heteroatoms. The van der Waals surface area contributed by atoms with E-state index in [4.69, 9.17) is 11.6 Å². The van der Waals surface area contributed by atoms with Gasteiger partial charge in [0.25, 0.3) is 10.0 Å². The van der Waals surface area contributed by atoms with Gasteiger partial charge in [-0.15, -0.1) is 0 Å². The normalized spacial score (nSPS) is 25.2. The van der Waals surface area contributed by atoms with Crippen molar-refractivity contribution < 1.29 is 13.5 Å². The molecule has 1 fully saturated rings. The van der Waals surface area contributed by atoms with E-state index in [0.717, 1.165) is 37.0 Å². The molecule has 0 radical (unpaired) electrons. The zero-order valence-electron chi connectivity index (χ0n) is 9.67. The second kappa shape index (κ2) is 5.83. The minimum absolute atomic E-state index is 0.00285. The number of aliphatic hydroxyl groups is 1. The molecule has 2 unspecified atom stereocenters. The molecule has 0 spiro atoms. The van der Waals surface area contributed by atoms with Crippen LogP contribution in [0.15, 0.2) is 10.4 Å². The predicted molar refractivity (Wildman–Crippen MR) is 70.3 cm³/mol. The smallest absolute Gasteiger partial charge is 0.251 e. The lowest BCUT2D eigenvalue weighted by Crippen LogP contribution is -2.43. The third-order valence-corrected chi connectivity index (χ3v) is 6.24. The number of halogens is 1. The minimum Gasteiger partial charge on any atom is -0.396 e. The SMILES string of the molecule is O=S(=O)(NC1CCCCC1CO)c1cnc(Cl)s1. The van der Waals surface area contributed by atoms with Gasteiger partial charge in [-0.25, -0.2) is 18.1 Å². The summed E-state index contributed by atoms with van der Waals surface area (Å²) in [7, 11) is -3.57. The van der Waals surface area contributed by atoms with Gasteiger partial charge in [0, 0.05) is 12.6 Å². The van der Waals surface area contributed by atoms with E-state index in [1.54, 1.807) is 0 Å². The van der Waals surface area contributed by atoms with Crippen LogP contribution in [0, 0.1) is 5.92 Å². The van der Waals surface area contributed by atoms with Crippen LogP contribution in [-0.2, 0) is 10.0 Å². The lowest BCUT2D eigenvalue weighted by atomic mass is 9.86. The van der Waals surface area contributed by atoms with Crippen molar-refractivity contribution in [3.8, 4) is 0 Å². The minimum atomic E-state index is -3.57. The van der Waals surface area contributed by atoms with E-state index in [1.165, 1.54) is 6.20 Å². The van der Waals surface area contributed by atoms with Crippen molar-refractivity contribution >= 4 is 33.0 Å². The Kier molecular flexibility index (Phi) is 4.60. The van der Waals surface area contributed by atoms with Crippen LogP contribution >= 0.6 is 22.9 Å². The molecular formula is C10H15ClN2O3S2. The summed E-state index contributed by atoms with van der Waals surface area (Å²) in [4.78, 5) is 3.73. The fraction of sp³-hybridized carbons (Fsp3) is 0.700. The van der Waals surface area contributed by atoms with Crippen molar-refractivity contribution in [2.75, 3.05) is 6.61 Å². The monoisotopic (exact) mass is 310 g/mol. The van der Waals surface area contributed by atoms with E-state index in [9.17, 15) is 13.5 Å². The van der Waals surface area contributed by atoms with Crippen LogP contribution in [-0.4, -0.2) is 31.2 Å². The second-order valence-electron chi connectivity index (χ2n) is 4.39. The second-order valence-corrected chi connectivity index (χ2v) is 7.94. The van der Waals surface area contributed by atoms with Crippen molar-refractivity contribution in [1.29, 1.82) is 0 Å². The van der Waals surface area contributed by atoms with E-state index >= 15 is 0 Å². The predicted octanol–water partition coefficient (Wildman–Crippen LogP) is 1.63. The molecule has 1 aromatic rings. The van der Waals surface area contributed by atoms with E-state index in [0.29, 0.717) is 0 Å². The van der Waals surface area contributed by atoms with E-state index in [2.05, 4.69) is 9.71 Å². The molecule has 2 rings (SSSR count). The van der Waals surface area contributed by atoms with Crippen LogP contribution in [0.5, 0.6) is 0 Å². The van der Waals surface area contributed by atoms with Crippen molar-refractivity contribution in [2.24, 2.45) is 5.92 Å². The van der Waals surface area contributed by atoms with E-state index in [-0.39, 0.29) is 27.2 Å².